The lowest BCUT2D eigenvalue weighted by molar-refractivity contribution is -0.327. The number of pyridine rings is 1. The number of aryl methyl sites for hydroxylation is 1. The van der Waals surface area contributed by atoms with Gasteiger partial charge in [0.05, 0.1) is 4.70 Å². The fourth-order valence-electron chi connectivity index (χ4n) is 3.40. The summed E-state index contributed by atoms with van der Waals surface area (Å²) < 4.78 is 15.2. The fourth-order valence-corrected chi connectivity index (χ4v) is 4.64. The summed E-state index contributed by atoms with van der Waals surface area (Å²) in [4.78, 5) is 15.2. The van der Waals surface area contributed by atoms with E-state index >= 15 is 0 Å². The quantitative estimate of drug-likeness (QED) is 0.704. The summed E-state index contributed by atoms with van der Waals surface area (Å²) in [6, 6.07) is 8.58. The maximum atomic E-state index is 14.4. The molecule has 0 radical (unpaired) electrons. The van der Waals surface area contributed by atoms with E-state index in [1.165, 1.54) is 17.4 Å². The Hall–Kier alpha value is -2.98. The van der Waals surface area contributed by atoms with Gasteiger partial charge in [0, 0.05) is 17.9 Å². The van der Waals surface area contributed by atoms with Crippen LogP contribution in [0.3, 0.4) is 0 Å². The molecule has 4 rings (SSSR count). The van der Waals surface area contributed by atoms with E-state index in [4.69, 9.17) is 5.73 Å². The van der Waals surface area contributed by atoms with Gasteiger partial charge in [-0.15, -0.1) is 11.3 Å². The maximum absolute atomic E-state index is 14.4. The number of anilines is 2. The number of aromatic nitrogens is 1. The van der Waals surface area contributed by atoms with Gasteiger partial charge in [0.1, 0.15) is 28.0 Å². The van der Waals surface area contributed by atoms with Crippen LogP contribution < -0.4 is 16.0 Å². The molecule has 3 heterocycles. The molecule has 1 amide bonds. The van der Waals surface area contributed by atoms with Crippen molar-refractivity contribution in [1.29, 1.82) is 5.26 Å². The summed E-state index contributed by atoms with van der Waals surface area (Å²) in [5.41, 5.74) is 9.20. The lowest BCUT2D eigenvalue weighted by atomic mass is 9.86. The van der Waals surface area contributed by atoms with E-state index in [2.05, 4.69) is 16.4 Å². The molecule has 0 saturated carbocycles. The van der Waals surface area contributed by atoms with Crippen molar-refractivity contribution in [3.05, 3.63) is 52.3 Å². The van der Waals surface area contributed by atoms with E-state index in [1.54, 1.807) is 18.2 Å². The van der Waals surface area contributed by atoms with Gasteiger partial charge in [0.2, 0.25) is 5.91 Å². The number of amides is 1. The Morgan fingerprint density at radius 3 is 2.92 bits per heavy atom. The Bertz CT molecular complexity index is 1080. The number of halogens is 1. The number of nitrogens with one attached hydrogen (secondary N) is 2. The first kappa shape index (κ1) is 15.5. The van der Waals surface area contributed by atoms with Crippen molar-refractivity contribution in [2.24, 2.45) is 0 Å². The first-order valence-electron chi connectivity index (χ1n) is 7.73. The number of nitrogens with two attached hydrogens (primary N) is 1. The number of hydrogen-bond donors (Lipinski definition) is 2. The van der Waals surface area contributed by atoms with Crippen molar-refractivity contribution in [2.45, 2.75) is 19.3 Å². The summed E-state index contributed by atoms with van der Waals surface area (Å²) in [7, 11) is 0. The van der Waals surface area contributed by atoms with Gasteiger partial charge in [-0.1, -0.05) is 18.2 Å². The van der Waals surface area contributed by atoms with E-state index in [9.17, 15) is 14.4 Å². The van der Waals surface area contributed by atoms with Gasteiger partial charge < -0.3 is 5.32 Å². The fraction of sp³-hybridized carbons (Fsp3) is 0.167. The maximum Gasteiger partial charge on any atom is 0.289 e. The molecule has 0 bridgehead atoms. The molecule has 124 valence electrons. The van der Waals surface area contributed by atoms with Crippen molar-refractivity contribution in [2.75, 3.05) is 11.1 Å². The second-order valence-corrected chi connectivity index (χ2v) is 7.05. The Kier molecular flexibility index (Phi) is 3.44. The third-order valence-electron chi connectivity index (χ3n) is 4.57. The van der Waals surface area contributed by atoms with E-state index < -0.39 is 5.92 Å². The summed E-state index contributed by atoms with van der Waals surface area (Å²) in [5.74, 6) is -0.622. The minimum atomic E-state index is -0.401. The molecule has 0 fully saturated rings. The molecule has 2 aromatic heterocycles. The van der Waals surface area contributed by atoms with Crippen molar-refractivity contribution in [3.8, 4) is 6.07 Å². The van der Waals surface area contributed by atoms with Crippen LogP contribution in [0.15, 0.2) is 24.3 Å². The lowest BCUT2D eigenvalue weighted by Crippen LogP contribution is -2.24. The monoisotopic (exact) mass is 353 g/mol. The van der Waals surface area contributed by atoms with Crippen LogP contribution in [0.25, 0.3) is 10.2 Å². The molecule has 1 aromatic carbocycles. The van der Waals surface area contributed by atoms with Crippen LogP contribution in [0.5, 0.6) is 0 Å². The average molecular weight is 353 g/mol. The Morgan fingerprint density at radius 1 is 1.44 bits per heavy atom. The predicted octanol–water partition coefficient (Wildman–Crippen LogP) is 3.09. The van der Waals surface area contributed by atoms with Crippen LogP contribution in [0.4, 0.5) is 15.2 Å². The van der Waals surface area contributed by atoms with Crippen molar-refractivity contribution in [1.82, 2.24) is 0 Å². The number of fused-ring (bicyclic) bond motifs is 3. The number of nitriles is 1. The Morgan fingerprint density at radius 2 is 2.20 bits per heavy atom. The minimum absolute atomic E-state index is 0.154. The number of carbonyl (C=O) groups excluding carboxylic acids is 1. The van der Waals surface area contributed by atoms with Gasteiger partial charge in [0.15, 0.2) is 0 Å². The molecular formula is C18H14FN4OS+. The number of aromatic amines is 1. The second kappa shape index (κ2) is 5.53. The Balaban J connectivity index is 2.05. The zero-order valence-corrected chi connectivity index (χ0v) is 14.1. The highest BCUT2D eigenvalue weighted by Gasteiger charge is 2.34. The van der Waals surface area contributed by atoms with Crippen molar-refractivity contribution < 1.29 is 14.2 Å². The number of carbonyl (C=O) groups is 1. The van der Waals surface area contributed by atoms with Gasteiger partial charge in [-0.05, 0) is 24.1 Å². The standard InChI is InChI=1S/C18H13FN4OS/c1-8-11(7-20)17(21)23-15-14-10(9-4-2-3-5-12(9)19)6-13(24)22-18(14)25-16(8)15/h2-5,10H,6H2,1H3,(H2,21,23)(H,22,24)/p+1/t10-/m0/s1. The van der Waals surface area contributed by atoms with Crippen LogP contribution in [-0.2, 0) is 4.79 Å². The first-order valence-corrected chi connectivity index (χ1v) is 8.55. The van der Waals surface area contributed by atoms with Crippen LogP contribution >= 0.6 is 11.3 Å². The molecule has 1 aliphatic rings. The number of nitrogen functional groups attached to an aromatic ring is 1. The molecule has 0 saturated heterocycles. The first-order chi connectivity index (χ1) is 12.0. The summed E-state index contributed by atoms with van der Waals surface area (Å²) in [5, 5.41) is 12.8. The van der Waals surface area contributed by atoms with Gasteiger partial charge in [-0.3, -0.25) is 10.5 Å². The summed E-state index contributed by atoms with van der Waals surface area (Å²) >= 11 is 1.38. The van der Waals surface area contributed by atoms with Crippen molar-refractivity contribution in [3.63, 3.8) is 0 Å². The molecule has 25 heavy (non-hydrogen) atoms. The topological polar surface area (TPSA) is 93.1 Å². The molecule has 7 heteroatoms. The van der Waals surface area contributed by atoms with E-state index in [0.717, 1.165) is 21.3 Å². The van der Waals surface area contributed by atoms with E-state index in [1.807, 2.05) is 6.92 Å². The van der Waals surface area contributed by atoms with E-state index in [-0.39, 0.29) is 24.0 Å². The predicted molar refractivity (Wildman–Crippen MR) is 93.7 cm³/mol. The highest BCUT2D eigenvalue weighted by atomic mass is 32.1. The zero-order valence-electron chi connectivity index (χ0n) is 13.3. The van der Waals surface area contributed by atoms with Gasteiger partial charge in [-0.25, -0.2) is 9.37 Å². The van der Waals surface area contributed by atoms with Crippen LogP contribution in [0.2, 0.25) is 0 Å². The number of nitrogens with zero attached hydrogens (tertiary/aromatic N) is 1. The van der Waals surface area contributed by atoms with Gasteiger partial charge in [0.25, 0.3) is 5.82 Å². The summed E-state index contributed by atoms with van der Waals surface area (Å²) in [6.45, 7) is 1.83. The highest BCUT2D eigenvalue weighted by Crippen LogP contribution is 2.47. The molecule has 1 atom stereocenters. The SMILES string of the molecule is Cc1c(C#N)c(N)[nH+]c2c3c(sc12)NC(=O)C[C@H]3c1ccccc1F. The average Bonchev–Trinajstić information content (AvgIpc) is 2.93. The Labute approximate surface area is 146 Å². The lowest BCUT2D eigenvalue weighted by Gasteiger charge is -2.23. The zero-order chi connectivity index (χ0) is 17.7. The number of thiophene rings is 1. The van der Waals surface area contributed by atoms with Crippen molar-refractivity contribution >= 4 is 38.3 Å². The largest absolute Gasteiger partial charge is 0.317 e. The number of rotatable bonds is 1. The van der Waals surface area contributed by atoms with Gasteiger partial charge in [-0.2, -0.15) is 5.26 Å². The second-order valence-electron chi connectivity index (χ2n) is 6.03. The van der Waals surface area contributed by atoms with Crippen LogP contribution in [0, 0.1) is 24.1 Å². The third kappa shape index (κ3) is 2.26. The number of H-pyrrole nitrogens is 1. The summed E-state index contributed by atoms with van der Waals surface area (Å²) in [6.07, 6.45) is 0.159. The molecule has 0 aliphatic carbocycles. The van der Waals surface area contributed by atoms with Crippen LogP contribution in [-0.4, -0.2) is 5.91 Å². The van der Waals surface area contributed by atoms with Gasteiger partial charge >= 0.3 is 0 Å². The number of benzene rings is 1. The molecule has 4 N–H and O–H groups in total. The molecule has 0 unspecified atom stereocenters. The smallest absolute Gasteiger partial charge is 0.289 e. The minimum Gasteiger partial charge on any atom is -0.317 e. The van der Waals surface area contributed by atoms with E-state index in [0.29, 0.717) is 16.1 Å². The highest BCUT2D eigenvalue weighted by molar-refractivity contribution is 7.23. The molecule has 0 spiro atoms. The number of hydrogen-bond acceptors (Lipinski definition) is 4. The third-order valence-corrected chi connectivity index (χ3v) is 5.81. The molecular weight excluding hydrogens is 339 g/mol. The molecule has 3 aromatic rings. The normalized spacial score (nSPS) is 16.4. The molecule has 5 nitrogen and oxygen atoms in total. The van der Waals surface area contributed by atoms with Crippen LogP contribution in [0.1, 0.15) is 34.6 Å². The molecule has 1 aliphatic heterocycles.